The molecule has 3 unspecified atom stereocenters. The zero-order chi connectivity index (χ0) is 9.85. The van der Waals surface area contributed by atoms with Crippen LogP contribution in [0.3, 0.4) is 0 Å². The van der Waals surface area contributed by atoms with Crippen LogP contribution in [0, 0.1) is 22.7 Å². The molecule has 0 aromatic heterocycles. The van der Waals surface area contributed by atoms with E-state index in [-0.39, 0.29) is 0 Å². The van der Waals surface area contributed by atoms with E-state index < -0.39 is 0 Å². The lowest BCUT2D eigenvalue weighted by atomic mass is 9.89. The molecule has 2 rings (SSSR count). The summed E-state index contributed by atoms with van der Waals surface area (Å²) in [7, 11) is 0. The molecule has 1 spiro atoms. The minimum absolute atomic E-state index is 0.667. The van der Waals surface area contributed by atoms with Crippen molar-refractivity contribution in [2.24, 2.45) is 22.7 Å². The first kappa shape index (κ1) is 10.3. The van der Waals surface area contributed by atoms with E-state index in [1.54, 1.807) is 0 Å². The summed E-state index contributed by atoms with van der Waals surface area (Å²) in [5.41, 5.74) is 1.42. The van der Waals surface area contributed by atoms with Gasteiger partial charge in [-0.25, -0.2) is 0 Å². The Bertz CT molecular complexity index is 219. The van der Waals surface area contributed by atoms with E-state index in [9.17, 15) is 0 Å². The van der Waals surface area contributed by atoms with Gasteiger partial charge in [-0.15, -0.1) is 0 Å². The van der Waals surface area contributed by atoms with Crippen LogP contribution in [0.5, 0.6) is 0 Å². The summed E-state index contributed by atoms with van der Waals surface area (Å²) in [6.07, 6.45) is 4.48. The van der Waals surface area contributed by atoms with Gasteiger partial charge in [0.2, 0.25) is 0 Å². The van der Waals surface area contributed by atoms with Gasteiger partial charge in [0.25, 0.3) is 0 Å². The van der Waals surface area contributed by atoms with Gasteiger partial charge in [0.1, 0.15) is 0 Å². The number of halogens is 1. The molecule has 2 aliphatic carbocycles. The Labute approximate surface area is 96.0 Å². The van der Waals surface area contributed by atoms with E-state index >= 15 is 0 Å². The molecule has 2 saturated carbocycles. The van der Waals surface area contributed by atoms with Crippen LogP contribution in [0.4, 0.5) is 0 Å². The maximum absolute atomic E-state index is 2.69. The Morgan fingerprint density at radius 2 is 1.77 bits per heavy atom. The van der Waals surface area contributed by atoms with Crippen molar-refractivity contribution in [2.45, 2.75) is 50.9 Å². The summed E-state index contributed by atoms with van der Waals surface area (Å²) < 4.78 is 0.944. The lowest BCUT2D eigenvalue weighted by molar-refractivity contribution is 0.339. The van der Waals surface area contributed by atoms with Crippen molar-refractivity contribution in [3.8, 4) is 0 Å². The fraction of sp³-hybridized carbons (Fsp3) is 1.00. The van der Waals surface area contributed by atoms with Gasteiger partial charge in [0.15, 0.2) is 0 Å². The van der Waals surface area contributed by atoms with E-state index in [0.717, 1.165) is 21.2 Å². The van der Waals surface area contributed by atoms with Crippen LogP contribution in [0.2, 0.25) is 0 Å². The summed E-state index contributed by atoms with van der Waals surface area (Å²) in [4.78, 5) is 0. The Morgan fingerprint density at radius 1 is 1.23 bits per heavy atom. The molecule has 13 heavy (non-hydrogen) atoms. The molecule has 0 heterocycles. The minimum Gasteiger partial charge on any atom is -0.0823 e. The number of hydrogen-bond acceptors (Lipinski definition) is 0. The standard InChI is InChI=1S/C12H21I/c1-8(2)9-5-12(6-10(9)13)7-11(12,3)4/h8-10H,5-7H2,1-4H3. The molecular formula is C12H21I. The van der Waals surface area contributed by atoms with Crippen LogP contribution < -0.4 is 0 Å². The molecular weight excluding hydrogens is 271 g/mol. The Hall–Kier alpha value is 0.730. The van der Waals surface area contributed by atoms with Crippen LogP contribution in [0.15, 0.2) is 0 Å². The van der Waals surface area contributed by atoms with Crippen LogP contribution in [-0.2, 0) is 0 Å². The molecule has 0 N–H and O–H groups in total. The van der Waals surface area contributed by atoms with E-state index in [0.29, 0.717) is 5.41 Å². The summed E-state index contributed by atoms with van der Waals surface area (Å²) in [5, 5.41) is 0. The van der Waals surface area contributed by atoms with Crippen molar-refractivity contribution in [3.05, 3.63) is 0 Å². The van der Waals surface area contributed by atoms with Crippen LogP contribution in [0.1, 0.15) is 47.0 Å². The third kappa shape index (κ3) is 1.46. The van der Waals surface area contributed by atoms with Gasteiger partial charge >= 0.3 is 0 Å². The topological polar surface area (TPSA) is 0 Å². The molecule has 0 radical (unpaired) electrons. The van der Waals surface area contributed by atoms with Gasteiger partial charge in [0, 0.05) is 3.92 Å². The molecule has 0 aromatic rings. The average molecular weight is 292 g/mol. The molecule has 1 heteroatoms. The quantitative estimate of drug-likeness (QED) is 0.500. The maximum Gasteiger partial charge on any atom is 0.0146 e. The average Bonchev–Trinajstić information content (AvgIpc) is 2.36. The van der Waals surface area contributed by atoms with E-state index in [1.165, 1.54) is 19.3 Å². The van der Waals surface area contributed by atoms with Crippen molar-refractivity contribution in [3.63, 3.8) is 0 Å². The second-order valence-corrected chi connectivity index (χ2v) is 7.77. The highest BCUT2D eigenvalue weighted by Gasteiger charge is 2.65. The molecule has 2 aliphatic rings. The van der Waals surface area contributed by atoms with Crippen molar-refractivity contribution < 1.29 is 0 Å². The van der Waals surface area contributed by atoms with Crippen LogP contribution in [-0.4, -0.2) is 3.92 Å². The van der Waals surface area contributed by atoms with E-state index in [1.807, 2.05) is 0 Å². The van der Waals surface area contributed by atoms with Gasteiger partial charge in [-0.05, 0) is 41.9 Å². The third-order valence-electron chi connectivity index (χ3n) is 4.62. The molecule has 0 nitrogen and oxygen atoms in total. The first-order valence-electron chi connectivity index (χ1n) is 5.52. The van der Waals surface area contributed by atoms with E-state index in [4.69, 9.17) is 0 Å². The fourth-order valence-corrected chi connectivity index (χ4v) is 5.27. The maximum atomic E-state index is 2.69. The Kier molecular flexibility index (Phi) is 2.26. The smallest absolute Gasteiger partial charge is 0.0146 e. The lowest BCUT2D eigenvalue weighted by Crippen LogP contribution is -2.13. The molecule has 0 amide bonds. The van der Waals surface area contributed by atoms with Crippen LogP contribution in [0.25, 0.3) is 0 Å². The van der Waals surface area contributed by atoms with Gasteiger partial charge in [-0.2, -0.15) is 0 Å². The summed E-state index contributed by atoms with van der Waals surface area (Å²) in [6.45, 7) is 9.70. The number of hydrogen-bond donors (Lipinski definition) is 0. The molecule has 3 atom stereocenters. The molecule has 0 bridgehead atoms. The summed E-state index contributed by atoms with van der Waals surface area (Å²) in [6, 6.07) is 0. The van der Waals surface area contributed by atoms with Crippen molar-refractivity contribution in [1.29, 1.82) is 0 Å². The van der Waals surface area contributed by atoms with Crippen LogP contribution >= 0.6 is 22.6 Å². The van der Waals surface area contributed by atoms with E-state index in [2.05, 4.69) is 50.3 Å². The van der Waals surface area contributed by atoms with Gasteiger partial charge in [0.05, 0.1) is 0 Å². The largest absolute Gasteiger partial charge is 0.0823 e. The third-order valence-corrected chi connectivity index (χ3v) is 5.99. The first-order chi connectivity index (χ1) is 5.88. The number of alkyl halides is 1. The van der Waals surface area contributed by atoms with Crippen molar-refractivity contribution >= 4 is 22.6 Å². The highest BCUT2D eigenvalue weighted by Crippen LogP contribution is 2.73. The summed E-state index contributed by atoms with van der Waals surface area (Å²) >= 11 is 2.69. The molecule has 2 fully saturated rings. The lowest BCUT2D eigenvalue weighted by Gasteiger charge is -2.18. The van der Waals surface area contributed by atoms with Crippen molar-refractivity contribution in [1.82, 2.24) is 0 Å². The Balaban J connectivity index is 2.09. The predicted molar refractivity (Wildman–Crippen MR) is 66.2 cm³/mol. The fourth-order valence-electron chi connectivity index (χ4n) is 3.34. The zero-order valence-corrected chi connectivity index (χ0v) is 11.4. The summed E-state index contributed by atoms with van der Waals surface area (Å²) in [5.74, 6) is 1.88. The SMILES string of the molecule is CC(C)C1CC2(CC1I)CC2(C)C. The molecule has 0 aliphatic heterocycles. The first-order valence-corrected chi connectivity index (χ1v) is 6.77. The van der Waals surface area contributed by atoms with Gasteiger partial charge in [-0.1, -0.05) is 50.3 Å². The monoisotopic (exact) mass is 292 g/mol. The predicted octanol–water partition coefficient (Wildman–Crippen LogP) is 4.27. The van der Waals surface area contributed by atoms with Gasteiger partial charge < -0.3 is 0 Å². The van der Waals surface area contributed by atoms with Crippen molar-refractivity contribution in [2.75, 3.05) is 0 Å². The number of rotatable bonds is 1. The molecule has 76 valence electrons. The highest BCUT2D eigenvalue weighted by molar-refractivity contribution is 14.1. The zero-order valence-electron chi connectivity index (χ0n) is 9.23. The van der Waals surface area contributed by atoms with Gasteiger partial charge in [-0.3, -0.25) is 0 Å². The molecule has 0 aromatic carbocycles. The second-order valence-electron chi connectivity index (χ2n) is 6.17. The highest BCUT2D eigenvalue weighted by atomic mass is 127. The minimum atomic E-state index is 0.667. The molecule has 0 saturated heterocycles. The second kappa shape index (κ2) is 2.86. The Morgan fingerprint density at radius 3 is 2.00 bits per heavy atom. The normalized spacial score (nSPS) is 47.5.